The first-order valence-electron chi connectivity index (χ1n) is 10.4. The molecular weight excluding hydrogens is 492 g/mol. The van der Waals surface area contributed by atoms with Gasteiger partial charge in [0.05, 0.1) is 12.6 Å². The second-order valence-corrected chi connectivity index (χ2v) is 9.09. The summed E-state index contributed by atoms with van der Waals surface area (Å²) in [5, 5.41) is 5.62. The molecule has 0 spiro atoms. The molecule has 2 aliphatic heterocycles. The van der Waals surface area contributed by atoms with Gasteiger partial charge in [-0.2, -0.15) is 0 Å². The van der Waals surface area contributed by atoms with Crippen LogP contribution < -0.4 is 10.1 Å². The summed E-state index contributed by atoms with van der Waals surface area (Å²) in [6.07, 6.45) is 3.68. The van der Waals surface area contributed by atoms with Crippen LogP contribution in [0.2, 0.25) is 0 Å². The van der Waals surface area contributed by atoms with Crippen LogP contribution in [0.1, 0.15) is 24.4 Å². The van der Waals surface area contributed by atoms with Crippen molar-refractivity contribution in [3.8, 4) is 5.75 Å². The van der Waals surface area contributed by atoms with E-state index in [0.717, 1.165) is 40.4 Å². The topological polar surface area (TPSA) is 63.9 Å². The molecule has 1 aromatic heterocycles. The van der Waals surface area contributed by atoms with Crippen molar-refractivity contribution < 1.29 is 18.7 Å². The number of thiocarbonyl (C=S) groups is 1. The van der Waals surface area contributed by atoms with Gasteiger partial charge in [0.15, 0.2) is 5.11 Å². The number of carbonyl (C=O) groups excluding carboxylic acids is 1. The predicted molar refractivity (Wildman–Crippen MR) is 129 cm³/mol. The average molecular weight is 513 g/mol. The Hall–Kier alpha value is -2.68. The van der Waals surface area contributed by atoms with Crippen LogP contribution in [-0.4, -0.2) is 35.2 Å². The normalized spacial score (nSPS) is 19.8. The highest BCUT2D eigenvalue weighted by atomic mass is 79.9. The van der Waals surface area contributed by atoms with E-state index in [1.54, 1.807) is 11.0 Å². The summed E-state index contributed by atoms with van der Waals surface area (Å²) in [7, 11) is 0. The number of nitrogens with zero attached hydrogens (tertiary/aromatic N) is 1. The molecule has 2 aliphatic rings. The van der Waals surface area contributed by atoms with Gasteiger partial charge in [0.1, 0.15) is 29.6 Å². The van der Waals surface area contributed by atoms with Crippen molar-refractivity contribution in [1.82, 2.24) is 10.2 Å². The lowest BCUT2D eigenvalue weighted by molar-refractivity contribution is -0.123. The van der Waals surface area contributed by atoms with Crippen LogP contribution >= 0.6 is 28.1 Å². The van der Waals surface area contributed by atoms with Crippen molar-refractivity contribution in [1.29, 1.82) is 0 Å². The number of fused-ring (bicyclic) bond motifs is 1. The number of hydrogen-bond donors (Lipinski definition) is 1. The van der Waals surface area contributed by atoms with E-state index in [1.165, 1.54) is 0 Å². The molecule has 1 atom stereocenters. The Labute approximate surface area is 199 Å². The lowest BCUT2D eigenvalue weighted by Gasteiger charge is -2.18. The number of benzene rings is 2. The molecule has 8 heteroatoms. The Morgan fingerprint density at radius 1 is 1.19 bits per heavy atom. The summed E-state index contributed by atoms with van der Waals surface area (Å²) >= 11 is 8.82. The molecule has 2 aromatic carbocycles. The number of ether oxygens (including phenoxy) is 2. The number of carbonyl (C=O) groups is 1. The summed E-state index contributed by atoms with van der Waals surface area (Å²) in [5.41, 5.74) is 0.399. The number of furan rings is 1. The molecule has 32 heavy (non-hydrogen) atoms. The van der Waals surface area contributed by atoms with Crippen LogP contribution in [0.25, 0.3) is 16.8 Å². The van der Waals surface area contributed by atoms with E-state index < -0.39 is 0 Å². The number of nitrogens with one attached hydrogen (secondary N) is 1. The number of hydrogen-bond acceptors (Lipinski definition) is 5. The SMILES string of the molecule is O=C1/C(=C\c2ccc(COc3ccc4cc(Br)ccc4c3)o2)NC(=S)N1CC1CCCO1. The highest BCUT2D eigenvalue weighted by Gasteiger charge is 2.33. The molecule has 2 fully saturated rings. The first kappa shape index (κ1) is 21.2. The zero-order chi connectivity index (χ0) is 22.1. The summed E-state index contributed by atoms with van der Waals surface area (Å²) in [6, 6.07) is 15.7. The molecule has 2 saturated heterocycles. The fraction of sp³-hybridized carbons (Fsp3) is 0.250. The van der Waals surface area contributed by atoms with Gasteiger partial charge in [-0.3, -0.25) is 9.69 Å². The van der Waals surface area contributed by atoms with Crippen LogP contribution in [0.15, 0.2) is 63.1 Å². The van der Waals surface area contributed by atoms with Gasteiger partial charge in [-0.15, -0.1) is 0 Å². The molecule has 5 rings (SSSR count). The number of amides is 1. The smallest absolute Gasteiger partial charge is 0.276 e. The van der Waals surface area contributed by atoms with Crippen molar-refractivity contribution in [2.45, 2.75) is 25.6 Å². The van der Waals surface area contributed by atoms with E-state index >= 15 is 0 Å². The van der Waals surface area contributed by atoms with E-state index in [1.807, 2.05) is 42.5 Å². The Morgan fingerprint density at radius 3 is 2.88 bits per heavy atom. The molecule has 1 unspecified atom stereocenters. The summed E-state index contributed by atoms with van der Waals surface area (Å²) in [4.78, 5) is 14.3. The molecular formula is C24H21BrN2O4S. The van der Waals surface area contributed by atoms with Crippen molar-refractivity contribution >= 4 is 56.0 Å². The Kier molecular flexibility index (Phi) is 5.99. The summed E-state index contributed by atoms with van der Waals surface area (Å²) < 4.78 is 18.4. The van der Waals surface area contributed by atoms with E-state index in [2.05, 4.69) is 27.3 Å². The van der Waals surface area contributed by atoms with Gasteiger partial charge in [0.2, 0.25) is 0 Å². The predicted octanol–water partition coefficient (Wildman–Crippen LogP) is 5.01. The molecule has 0 bridgehead atoms. The van der Waals surface area contributed by atoms with Crippen LogP contribution in [0.4, 0.5) is 0 Å². The Balaban J connectivity index is 1.23. The van der Waals surface area contributed by atoms with E-state index in [0.29, 0.717) is 28.9 Å². The molecule has 164 valence electrons. The minimum Gasteiger partial charge on any atom is -0.486 e. The van der Waals surface area contributed by atoms with E-state index in [9.17, 15) is 4.79 Å². The average Bonchev–Trinajstić information content (AvgIpc) is 3.51. The van der Waals surface area contributed by atoms with Gasteiger partial charge in [0.25, 0.3) is 5.91 Å². The zero-order valence-corrected chi connectivity index (χ0v) is 19.6. The van der Waals surface area contributed by atoms with Crippen molar-refractivity contribution in [2.75, 3.05) is 13.2 Å². The van der Waals surface area contributed by atoms with Crippen LogP contribution in [-0.2, 0) is 16.1 Å². The molecule has 3 heterocycles. The fourth-order valence-electron chi connectivity index (χ4n) is 3.86. The minimum absolute atomic E-state index is 0.0436. The maximum Gasteiger partial charge on any atom is 0.276 e. The number of halogens is 1. The molecule has 6 nitrogen and oxygen atoms in total. The van der Waals surface area contributed by atoms with Gasteiger partial charge < -0.3 is 19.2 Å². The molecule has 1 amide bonds. The minimum atomic E-state index is -0.164. The van der Waals surface area contributed by atoms with Gasteiger partial charge in [-0.05, 0) is 72.2 Å². The molecule has 3 aromatic rings. The third-order valence-corrected chi connectivity index (χ3v) is 6.31. The standard InChI is InChI=1S/C24H21BrN2O4S/c25-17-5-3-16-11-18(6-4-15(16)10-17)30-14-21-8-7-19(31-21)12-22-23(28)27(24(32)26-22)13-20-2-1-9-29-20/h3-8,10-12,20H,1-2,9,13-14H2,(H,26,32)/b22-12+. The molecule has 0 saturated carbocycles. The lowest BCUT2D eigenvalue weighted by atomic mass is 10.1. The molecule has 0 aliphatic carbocycles. The van der Waals surface area contributed by atoms with E-state index in [-0.39, 0.29) is 18.6 Å². The second kappa shape index (κ2) is 9.05. The largest absolute Gasteiger partial charge is 0.486 e. The Bertz CT molecular complexity index is 1220. The monoisotopic (exact) mass is 512 g/mol. The van der Waals surface area contributed by atoms with Crippen molar-refractivity contribution in [3.05, 3.63) is 70.2 Å². The third-order valence-electron chi connectivity index (χ3n) is 5.50. The first-order valence-corrected chi connectivity index (χ1v) is 11.6. The highest BCUT2D eigenvalue weighted by molar-refractivity contribution is 9.10. The van der Waals surface area contributed by atoms with Gasteiger partial charge in [-0.1, -0.05) is 28.1 Å². The maximum absolute atomic E-state index is 12.7. The quantitative estimate of drug-likeness (QED) is 0.370. The van der Waals surface area contributed by atoms with Crippen molar-refractivity contribution in [2.24, 2.45) is 0 Å². The molecule has 0 radical (unpaired) electrons. The van der Waals surface area contributed by atoms with Crippen molar-refractivity contribution in [3.63, 3.8) is 0 Å². The highest BCUT2D eigenvalue weighted by Crippen LogP contribution is 2.25. The molecule has 1 N–H and O–H groups in total. The van der Waals surface area contributed by atoms with Crippen LogP contribution in [0, 0.1) is 0 Å². The summed E-state index contributed by atoms with van der Waals surface area (Å²) in [5.74, 6) is 1.82. The van der Waals surface area contributed by atoms with E-state index in [4.69, 9.17) is 26.1 Å². The Morgan fingerprint density at radius 2 is 2.03 bits per heavy atom. The van der Waals surface area contributed by atoms with Crippen LogP contribution in [0.5, 0.6) is 5.75 Å². The summed E-state index contributed by atoms with van der Waals surface area (Å²) in [6.45, 7) is 1.50. The van der Waals surface area contributed by atoms with Gasteiger partial charge >= 0.3 is 0 Å². The third kappa shape index (κ3) is 4.57. The number of rotatable bonds is 6. The maximum atomic E-state index is 12.7. The second-order valence-electron chi connectivity index (χ2n) is 7.78. The first-order chi connectivity index (χ1) is 15.5. The van der Waals surface area contributed by atoms with Crippen LogP contribution in [0.3, 0.4) is 0 Å². The zero-order valence-electron chi connectivity index (χ0n) is 17.2. The fourth-order valence-corrected chi connectivity index (χ4v) is 4.51. The lowest BCUT2D eigenvalue weighted by Crippen LogP contribution is -2.37. The van der Waals surface area contributed by atoms with Gasteiger partial charge in [0, 0.05) is 17.2 Å². The van der Waals surface area contributed by atoms with Gasteiger partial charge in [-0.25, -0.2) is 0 Å².